The molecule has 1 aromatic heterocycles. The van der Waals surface area contributed by atoms with Crippen molar-refractivity contribution >= 4 is 11.7 Å². The van der Waals surface area contributed by atoms with Gasteiger partial charge in [-0.15, -0.1) is 0 Å². The second-order valence-corrected chi connectivity index (χ2v) is 12.1. The molecule has 208 valence electrons. The summed E-state index contributed by atoms with van der Waals surface area (Å²) in [6.07, 6.45) is 14.7. The Labute approximate surface area is 226 Å². The van der Waals surface area contributed by atoms with Crippen LogP contribution in [0.2, 0.25) is 0 Å². The van der Waals surface area contributed by atoms with E-state index in [0.29, 0.717) is 31.0 Å². The van der Waals surface area contributed by atoms with Crippen LogP contribution in [0, 0.1) is 34.5 Å². The van der Waals surface area contributed by atoms with E-state index in [4.69, 9.17) is 19.3 Å². The summed E-state index contributed by atoms with van der Waals surface area (Å²) in [5.74, 6) is 2.13. The normalized spacial score (nSPS) is 34.8. The minimum Gasteiger partial charge on any atom is -0.450 e. The fraction of sp³-hybridized carbons (Fsp3) is 0.677. The van der Waals surface area contributed by atoms with E-state index >= 15 is 0 Å². The fourth-order valence-electron chi connectivity index (χ4n) is 8.42. The molecular formula is C31H43NO6. The fourth-order valence-corrected chi connectivity index (χ4v) is 8.42. The molecule has 4 aliphatic rings. The highest BCUT2D eigenvalue weighted by molar-refractivity contribution is 5.72. The van der Waals surface area contributed by atoms with Crippen molar-refractivity contribution in [2.24, 2.45) is 34.5 Å². The Hall–Kier alpha value is -2.22. The lowest BCUT2D eigenvalue weighted by Gasteiger charge is -2.58. The molecule has 0 radical (unpaired) electrons. The number of rotatable bonds is 10. The molecule has 1 unspecified atom stereocenters. The summed E-state index contributed by atoms with van der Waals surface area (Å²) in [5.41, 5.74) is 4.66. The van der Waals surface area contributed by atoms with Crippen molar-refractivity contribution in [2.45, 2.75) is 64.9 Å². The van der Waals surface area contributed by atoms with Gasteiger partial charge in [0.25, 0.3) is 0 Å². The van der Waals surface area contributed by atoms with Crippen molar-refractivity contribution in [3.05, 3.63) is 47.8 Å². The van der Waals surface area contributed by atoms with Gasteiger partial charge in [0.15, 0.2) is 0 Å². The van der Waals surface area contributed by atoms with E-state index in [-0.39, 0.29) is 36.6 Å². The summed E-state index contributed by atoms with van der Waals surface area (Å²) in [5, 5.41) is 18.2. The number of hydrogen-bond acceptors (Lipinski definition) is 6. The smallest absolute Gasteiger partial charge is 0.450 e. The van der Waals surface area contributed by atoms with Crippen molar-refractivity contribution in [2.75, 3.05) is 33.0 Å². The predicted molar refractivity (Wildman–Crippen MR) is 144 cm³/mol. The molecule has 2 saturated carbocycles. The highest BCUT2D eigenvalue weighted by atomic mass is 16.7. The van der Waals surface area contributed by atoms with Crippen LogP contribution >= 0.6 is 0 Å². The zero-order valence-corrected chi connectivity index (χ0v) is 22.8. The Bertz CT molecular complexity index is 1040. The average molecular weight is 526 g/mol. The van der Waals surface area contributed by atoms with Gasteiger partial charge in [0.05, 0.1) is 33.0 Å². The number of allylic oxidation sites excluding steroid dienone is 4. The van der Waals surface area contributed by atoms with Gasteiger partial charge in [0.1, 0.15) is 6.10 Å². The van der Waals surface area contributed by atoms with E-state index in [1.165, 1.54) is 29.6 Å². The van der Waals surface area contributed by atoms with Crippen molar-refractivity contribution < 1.29 is 29.2 Å². The second-order valence-electron chi connectivity index (χ2n) is 12.1. The maximum absolute atomic E-state index is 11.5. The van der Waals surface area contributed by atoms with Crippen molar-refractivity contribution in [1.29, 1.82) is 0 Å². The van der Waals surface area contributed by atoms with E-state index in [1.807, 2.05) is 18.5 Å². The van der Waals surface area contributed by atoms with Crippen LogP contribution in [0.5, 0.6) is 0 Å². The molecule has 2 N–H and O–H groups in total. The molecule has 0 spiro atoms. The summed E-state index contributed by atoms with van der Waals surface area (Å²) in [7, 11) is 0. The first-order valence-corrected chi connectivity index (χ1v) is 14.3. The van der Waals surface area contributed by atoms with Gasteiger partial charge in [0, 0.05) is 18.3 Å². The number of carboxylic acid groups (broad SMARTS) is 1. The Morgan fingerprint density at radius 1 is 1.08 bits per heavy atom. The summed E-state index contributed by atoms with van der Waals surface area (Å²) < 4.78 is 16.3. The van der Waals surface area contributed by atoms with Gasteiger partial charge >= 0.3 is 6.16 Å². The van der Waals surface area contributed by atoms with Gasteiger partial charge in [-0.05, 0) is 90.7 Å². The summed E-state index contributed by atoms with van der Waals surface area (Å²) in [6.45, 7) is 6.17. The third-order valence-corrected chi connectivity index (χ3v) is 10.4. The molecular weight excluding hydrogens is 482 g/mol. The van der Waals surface area contributed by atoms with E-state index in [2.05, 4.69) is 37.0 Å². The molecule has 1 heterocycles. The van der Waals surface area contributed by atoms with Crippen LogP contribution in [0.15, 0.2) is 42.3 Å². The standard InChI is InChI=1S/C31H43NO6/c1-30-11-9-21(28(38-29(34)35)20-37-17-16-36-15-14-33)18-23(30)5-6-24-26-8-7-25(22-4-3-13-32-19-22)31(26,2)12-10-27(24)30/h3-5,7,13,19,21,24,26-28,33H,6,8-12,14-18,20H2,1-2H3,(H,34,35)/t21-,24-,26-,27-,28?,30-,31+/m0/s1. The molecule has 0 saturated heterocycles. The maximum atomic E-state index is 11.5. The zero-order chi connectivity index (χ0) is 26.8. The van der Waals surface area contributed by atoms with Crippen molar-refractivity contribution in [1.82, 2.24) is 4.98 Å². The molecule has 0 bridgehead atoms. The molecule has 0 amide bonds. The molecule has 1 aromatic rings. The highest BCUT2D eigenvalue weighted by Crippen LogP contribution is 2.66. The zero-order valence-electron chi connectivity index (χ0n) is 22.8. The lowest BCUT2D eigenvalue weighted by molar-refractivity contribution is -0.0590. The minimum atomic E-state index is -1.24. The molecule has 4 aliphatic carbocycles. The van der Waals surface area contributed by atoms with Crippen LogP contribution in [0.25, 0.3) is 5.57 Å². The number of hydrogen-bond donors (Lipinski definition) is 2. The monoisotopic (exact) mass is 525 g/mol. The number of aliphatic hydroxyl groups is 1. The van der Waals surface area contributed by atoms with Crippen LogP contribution in [-0.2, 0) is 14.2 Å². The minimum absolute atomic E-state index is 0.0231. The molecule has 5 rings (SSSR count). The van der Waals surface area contributed by atoms with Gasteiger partial charge in [-0.25, -0.2) is 4.79 Å². The van der Waals surface area contributed by atoms with Crippen molar-refractivity contribution in [3.63, 3.8) is 0 Å². The third kappa shape index (κ3) is 5.17. The molecule has 7 atom stereocenters. The molecule has 7 nitrogen and oxygen atoms in total. The van der Waals surface area contributed by atoms with E-state index in [1.54, 1.807) is 0 Å². The Balaban J connectivity index is 1.26. The number of nitrogens with zero attached hydrogens (tertiary/aromatic N) is 1. The Kier molecular flexibility index (Phi) is 8.27. The number of aromatic nitrogens is 1. The van der Waals surface area contributed by atoms with Crippen molar-refractivity contribution in [3.8, 4) is 0 Å². The van der Waals surface area contributed by atoms with Crippen LogP contribution in [-0.4, -0.2) is 60.5 Å². The number of ether oxygens (including phenoxy) is 3. The van der Waals surface area contributed by atoms with E-state index < -0.39 is 12.3 Å². The number of fused-ring (bicyclic) bond motifs is 5. The van der Waals surface area contributed by atoms with Crippen LogP contribution in [0.1, 0.15) is 64.4 Å². The Morgan fingerprint density at radius 3 is 2.66 bits per heavy atom. The van der Waals surface area contributed by atoms with Crippen LogP contribution < -0.4 is 0 Å². The quantitative estimate of drug-likeness (QED) is 0.228. The lowest BCUT2D eigenvalue weighted by Crippen LogP contribution is -2.50. The lowest BCUT2D eigenvalue weighted by atomic mass is 9.46. The predicted octanol–water partition coefficient (Wildman–Crippen LogP) is 5.74. The van der Waals surface area contributed by atoms with E-state index in [9.17, 15) is 9.90 Å². The topological polar surface area (TPSA) is 98.1 Å². The maximum Gasteiger partial charge on any atom is 0.506 e. The highest BCUT2D eigenvalue weighted by Gasteiger charge is 2.57. The SMILES string of the molecule is C[C@]12CC[C@H](C(COCCOCCO)OC(=O)O)CC1=CC[C@@H]1[C@@H]2CC[C@]2(C)C(c3cccnc3)=CC[C@@H]12. The summed E-state index contributed by atoms with van der Waals surface area (Å²) in [6, 6.07) is 4.26. The first-order chi connectivity index (χ1) is 18.4. The van der Waals surface area contributed by atoms with Gasteiger partial charge in [-0.1, -0.05) is 37.6 Å². The van der Waals surface area contributed by atoms with Crippen LogP contribution in [0.4, 0.5) is 4.79 Å². The number of aliphatic hydroxyl groups excluding tert-OH is 1. The molecule has 38 heavy (non-hydrogen) atoms. The molecule has 0 aliphatic heterocycles. The first-order valence-electron chi connectivity index (χ1n) is 14.3. The second kappa shape index (κ2) is 11.5. The molecule has 0 aromatic carbocycles. The largest absolute Gasteiger partial charge is 0.506 e. The first kappa shape index (κ1) is 27.4. The molecule has 7 heteroatoms. The molecule has 2 fully saturated rings. The summed E-state index contributed by atoms with van der Waals surface area (Å²) in [4.78, 5) is 15.9. The van der Waals surface area contributed by atoms with Gasteiger partial charge in [0.2, 0.25) is 0 Å². The number of carbonyl (C=O) groups is 1. The summed E-state index contributed by atoms with van der Waals surface area (Å²) >= 11 is 0. The van der Waals surface area contributed by atoms with Gasteiger partial charge in [-0.3, -0.25) is 4.98 Å². The van der Waals surface area contributed by atoms with Gasteiger partial charge in [-0.2, -0.15) is 0 Å². The number of pyridine rings is 1. The van der Waals surface area contributed by atoms with E-state index in [0.717, 1.165) is 32.1 Å². The average Bonchev–Trinajstić information content (AvgIpc) is 3.27. The van der Waals surface area contributed by atoms with Crippen LogP contribution in [0.3, 0.4) is 0 Å². The Morgan fingerprint density at radius 2 is 1.89 bits per heavy atom. The third-order valence-electron chi connectivity index (χ3n) is 10.4. The van der Waals surface area contributed by atoms with Gasteiger partial charge < -0.3 is 24.4 Å².